The minimum Gasteiger partial charge on any atom is -0.466 e. The van der Waals surface area contributed by atoms with Crippen LogP contribution in [0.3, 0.4) is 0 Å². The summed E-state index contributed by atoms with van der Waals surface area (Å²) >= 11 is 0. The van der Waals surface area contributed by atoms with Crippen LogP contribution in [0.1, 0.15) is 43.5 Å². The standard InChI is InChI=1S/C13H18F2N2O2/c1-3-19-12(18)10-7-13(14,15)5-4-9(10)11-6-8(2)16-17-11/h6,9-10H,3-5,7H2,1-2H3,(H,16,17). The van der Waals surface area contributed by atoms with E-state index in [2.05, 4.69) is 10.2 Å². The van der Waals surface area contributed by atoms with E-state index < -0.39 is 24.2 Å². The van der Waals surface area contributed by atoms with E-state index >= 15 is 0 Å². The zero-order chi connectivity index (χ0) is 14.0. The number of esters is 1. The van der Waals surface area contributed by atoms with Crippen LogP contribution in [0.2, 0.25) is 0 Å². The fourth-order valence-electron chi connectivity index (χ4n) is 2.61. The van der Waals surface area contributed by atoms with Crippen molar-refractivity contribution in [2.24, 2.45) is 5.92 Å². The van der Waals surface area contributed by atoms with E-state index in [4.69, 9.17) is 4.74 Å². The van der Waals surface area contributed by atoms with Crippen LogP contribution in [-0.2, 0) is 9.53 Å². The summed E-state index contributed by atoms with van der Waals surface area (Å²) in [4.78, 5) is 11.9. The number of aryl methyl sites for hydroxylation is 1. The van der Waals surface area contributed by atoms with Crippen LogP contribution in [0.25, 0.3) is 0 Å². The number of halogens is 2. The van der Waals surface area contributed by atoms with Crippen LogP contribution in [0.4, 0.5) is 8.78 Å². The predicted octanol–water partition coefficient (Wildman–Crippen LogP) is 2.80. The quantitative estimate of drug-likeness (QED) is 0.861. The monoisotopic (exact) mass is 272 g/mol. The molecule has 2 unspecified atom stereocenters. The van der Waals surface area contributed by atoms with Gasteiger partial charge in [-0.3, -0.25) is 9.89 Å². The van der Waals surface area contributed by atoms with Gasteiger partial charge in [0.05, 0.1) is 18.2 Å². The lowest BCUT2D eigenvalue weighted by Gasteiger charge is -2.33. The first kappa shape index (κ1) is 14.0. The summed E-state index contributed by atoms with van der Waals surface area (Å²) in [7, 11) is 0. The number of ether oxygens (including phenoxy) is 1. The zero-order valence-electron chi connectivity index (χ0n) is 11.1. The Bertz CT molecular complexity index is 459. The Morgan fingerprint density at radius 1 is 1.63 bits per heavy atom. The molecule has 1 N–H and O–H groups in total. The van der Waals surface area contributed by atoms with Crippen molar-refractivity contribution in [3.8, 4) is 0 Å². The molecule has 0 bridgehead atoms. The van der Waals surface area contributed by atoms with Crippen LogP contribution in [0.15, 0.2) is 6.07 Å². The Kier molecular flexibility index (Phi) is 3.87. The van der Waals surface area contributed by atoms with E-state index in [1.807, 2.05) is 6.92 Å². The topological polar surface area (TPSA) is 55.0 Å². The van der Waals surface area contributed by atoms with Crippen molar-refractivity contribution in [2.45, 2.75) is 45.0 Å². The smallest absolute Gasteiger partial charge is 0.309 e. The third-order valence-corrected chi connectivity index (χ3v) is 3.52. The van der Waals surface area contributed by atoms with Gasteiger partial charge in [0.2, 0.25) is 5.92 Å². The van der Waals surface area contributed by atoms with Gasteiger partial charge < -0.3 is 4.74 Å². The number of nitrogens with zero attached hydrogens (tertiary/aromatic N) is 1. The lowest BCUT2D eigenvalue weighted by atomic mass is 9.75. The normalized spacial score (nSPS) is 26.1. The van der Waals surface area contributed by atoms with Crippen LogP contribution in [0.5, 0.6) is 0 Å². The first-order chi connectivity index (χ1) is 8.93. The molecule has 0 aromatic carbocycles. The lowest BCUT2D eigenvalue weighted by Crippen LogP contribution is -2.36. The molecule has 0 saturated heterocycles. The minimum atomic E-state index is -2.79. The van der Waals surface area contributed by atoms with E-state index in [9.17, 15) is 13.6 Å². The van der Waals surface area contributed by atoms with E-state index in [1.165, 1.54) is 0 Å². The summed E-state index contributed by atoms with van der Waals surface area (Å²) in [5, 5.41) is 6.89. The number of H-pyrrole nitrogens is 1. The highest BCUT2D eigenvalue weighted by Gasteiger charge is 2.46. The number of carbonyl (C=O) groups excluding carboxylic acids is 1. The summed E-state index contributed by atoms with van der Waals surface area (Å²) in [5.74, 6) is -4.44. The van der Waals surface area contributed by atoms with Gasteiger partial charge in [-0.1, -0.05) is 0 Å². The second kappa shape index (κ2) is 5.27. The number of hydrogen-bond acceptors (Lipinski definition) is 3. The summed E-state index contributed by atoms with van der Waals surface area (Å²) in [6, 6.07) is 1.81. The van der Waals surface area contributed by atoms with Crippen molar-refractivity contribution in [1.82, 2.24) is 10.2 Å². The predicted molar refractivity (Wildman–Crippen MR) is 65.0 cm³/mol. The maximum absolute atomic E-state index is 13.5. The number of alkyl halides is 2. The Morgan fingerprint density at radius 3 is 2.95 bits per heavy atom. The van der Waals surface area contributed by atoms with Gasteiger partial charge in [0.15, 0.2) is 0 Å². The first-order valence-corrected chi connectivity index (χ1v) is 6.49. The molecular formula is C13H18F2N2O2. The first-order valence-electron chi connectivity index (χ1n) is 6.49. The molecular weight excluding hydrogens is 254 g/mol. The van der Waals surface area contributed by atoms with Gasteiger partial charge in [-0.05, 0) is 26.3 Å². The minimum absolute atomic E-state index is 0.202. The van der Waals surface area contributed by atoms with E-state index in [0.717, 1.165) is 5.69 Å². The molecule has 19 heavy (non-hydrogen) atoms. The molecule has 0 aliphatic heterocycles. The van der Waals surface area contributed by atoms with Crippen molar-refractivity contribution in [3.63, 3.8) is 0 Å². The van der Waals surface area contributed by atoms with Gasteiger partial charge in [0.1, 0.15) is 0 Å². The second-order valence-corrected chi connectivity index (χ2v) is 5.04. The number of nitrogens with one attached hydrogen (secondary N) is 1. The molecule has 0 amide bonds. The van der Waals surface area contributed by atoms with Crippen LogP contribution >= 0.6 is 0 Å². The number of rotatable bonds is 3. The highest BCUT2D eigenvalue weighted by molar-refractivity contribution is 5.74. The van der Waals surface area contributed by atoms with E-state index in [-0.39, 0.29) is 25.4 Å². The van der Waals surface area contributed by atoms with Crippen LogP contribution in [-0.4, -0.2) is 28.7 Å². The lowest BCUT2D eigenvalue weighted by molar-refractivity contribution is -0.156. The Hall–Kier alpha value is -1.46. The highest BCUT2D eigenvalue weighted by atomic mass is 19.3. The van der Waals surface area contributed by atoms with Gasteiger partial charge >= 0.3 is 5.97 Å². The van der Waals surface area contributed by atoms with E-state index in [1.54, 1.807) is 13.0 Å². The maximum Gasteiger partial charge on any atom is 0.309 e. The number of aromatic nitrogens is 2. The highest BCUT2D eigenvalue weighted by Crippen LogP contribution is 2.44. The van der Waals surface area contributed by atoms with E-state index in [0.29, 0.717) is 5.69 Å². The van der Waals surface area contributed by atoms with Crippen molar-refractivity contribution in [3.05, 3.63) is 17.5 Å². The SMILES string of the molecule is CCOC(=O)C1CC(F)(F)CCC1c1cc(C)[nH]n1. The Balaban J connectivity index is 2.22. The number of aromatic amines is 1. The molecule has 1 aromatic heterocycles. The van der Waals surface area contributed by atoms with Crippen molar-refractivity contribution in [1.29, 1.82) is 0 Å². The molecule has 106 valence electrons. The fraction of sp³-hybridized carbons (Fsp3) is 0.692. The molecule has 1 saturated carbocycles. The Labute approximate surface area is 110 Å². The molecule has 1 fully saturated rings. The van der Waals surface area contributed by atoms with Gasteiger partial charge in [-0.15, -0.1) is 0 Å². The van der Waals surface area contributed by atoms with Crippen molar-refractivity contribution < 1.29 is 18.3 Å². The average molecular weight is 272 g/mol. The summed E-state index contributed by atoms with van der Waals surface area (Å²) in [6.07, 6.45) is -0.414. The third-order valence-electron chi connectivity index (χ3n) is 3.52. The number of carbonyl (C=O) groups is 1. The molecule has 0 spiro atoms. The van der Waals surface area contributed by atoms with Crippen molar-refractivity contribution in [2.75, 3.05) is 6.61 Å². The largest absolute Gasteiger partial charge is 0.466 e. The summed E-state index contributed by atoms with van der Waals surface area (Å²) < 4.78 is 31.9. The van der Waals surface area contributed by atoms with Crippen LogP contribution in [0, 0.1) is 12.8 Å². The van der Waals surface area contributed by atoms with Crippen LogP contribution < -0.4 is 0 Å². The number of hydrogen-bond donors (Lipinski definition) is 1. The zero-order valence-corrected chi connectivity index (χ0v) is 11.1. The molecule has 2 atom stereocenters. The summed E-state index contributed by atoms with van der Waals surface area (Å²) in [5.41, 5.74) is 1.53. The molecule has 0 radical (unpaired) electrons. The summed E-state index contributed by atoms with van der Waals surface area (Å²) in [6.45, 7) is 3.72. The molecule has 2 rings (SSSR count). The van der Waals surface area contributed by atoms with Gasteiger partial charge in [0.25, 0.3) is 0 Å². The molecule has 6 heteroatoms. The molecule has 1 aromatic rings. The van der Waals surface area contributed by atoms with Crippen molar-refractivity contribution >= 4 is 5.97 Å². The maximum atomic E-state index is 13.5. The average Bonchev–Trinajstić information content (AvgIpc) is 2.75. The second-order valence-electron chi connectivity index (χ2n) is 5.04. The fourth-order valence-corrected chi connectivity index (χ4v) is 2.61. The Morgan fingerprint density at radius 2 is 2.37 bits per heavy atom. The van der Waals surface area contributed by atoms with Gasteiger partial charge in [0, 0.05) is 24.5 Å². The van der Waals surface area contributed by atoms with Gasteiger partial charge in [-0.2, -0.15) is 5.10 Å². The molecule has 4 nitrogen and oxygen atoms in total. The molecule has 1 heterocycles. The third kappa shape index (κ3) is 3.11. The van der Waals surface area contributed by atoms with Gasteiger partial charge in [-0.25, -0.2) is 8.78 Å². The molecule has 1 aliphatic carbocycles. The molecule has 1 aliphatic rings.